The van der Waals surface area contributed by atoms with Crippen LogP contribution in [0.3, 0.4) is 0 Å². The second-order valence-electron chi connectivity index (χ2n) is 4.12. The molecule has 15 heavy (non-hydrogen) atoms. The minimum atomic E-state index is -0.770. The average Bonchev–Trinajstić information content (AvgIpc) is 2.76. The number of nitrogens with one attached hydrogen (secondary N) is 1. The molecule has 2 N–H and O–H groups in total. The molecule has 2 heterocycles. The molecule has 0 bridgehead atoms. The van der Waals surface area contributed by atoms with E-state index in [2.05, 4.69) is 27.3 Å². The number of hydrogen-bond acceptors (Lipinski definition) is 3. The van der Waals surface area contributed by atoms with Crippen LogP contribution in [0.5, 0.6) is 0 Å². The van der Waals surface area contributed by atoms with Gasteiger partial charge in [-0.3, -0.25) is 0 Å². The van der Waals surface area contributed by atoms with Crippen LogP contribution in [0.25, 0.3) is 0 Å². The van der Waals surface area contributed by atoms with E-state index in [1.165, 1.54) is 0 Å². The largest absolute Gasteiger partial charge is 0.364 e. The summed E-state index contributed by atoms with van der Waals surface area (Å²) < 4.78 is 6.74. The van der Waals surface area contributed by atoms with Crippen LogP contribution in [0.2, 0.25) is 0 Å². The first-order valence-electron chi connectivity index (χ1n) is 5.08. The molecule has 0 saturated carbocycles. The van der Waals surface area contributed by atoms with Crippen LogP contribution in [0, 0.1) is 0 Å². The molecule has 2 unspecified atom stereocenters. The molecule has 1 aromatic carbocycles. The Balaban J connectivity index is 2.15. The molecule has 3 rings (SSSR count). The number of rotatable bonds is 0. The fourth-order valence-corrected chi connectivity index (χ4v) is 2.84. The third-order valence-electron chi connectivity index (χ3n) is 3.23. The van der Waals surface area contributed by atoms with E-state index in [4.69, 9.17) is 4.74 Å². The monoisotopic (exact) mass is 269 g/mol. The van der Waals surface area contributed by atoms with Crippen molar-refractivity contribution < 1.29 is 9.84 Å². The van der Waals surface area contributed by atoms with Crippen LogP contribution in [0.15, 0.2) is 22.7 Å². The predicted octanol–water partition coefficient (Wildman–Crippen LogP) is 1.66. The molecule has 0 amide bonds. The third kappa shape index (κ3) is 1.36. The fourth-order valence-electron chi connectivity index (χ4n) is 2.48. The zero-order chi connectivity index (χ0) is 10.5. The Morgan fingerprint density at radius 3 is 3.13 bits per heavy atom. The first-order valence-corrected chi connectivity index (χ1v) is 5.87. The Hall–Kier alpha value is -0.420. The van der Waals surface area contributed by atoms with Crippen molar-refractivity contribution in [3.05, 3.63) is 33.8 Å². The van der Waals surface area contributed by atoms with E-state index in [0.717, 1.165) is 35.1 Å². The normalized spacial score (nSPS) is 33.6. The van der Waals surface area contributed by atoms with Crippen molar-refractivity contribution in [2.75, 3.05) is 13.1 Å². The van der Waals surface area contributed by atoms with Gasteiger partial charge in [-0.2, -0.15) is 0 Å². The third-order valence-corrected chi connectivity index (χ3v) is 3.72. The minimum absolute atomic E-state index is 0.307. The van der Waals surface area contributed by atoms with Gasteiger partial charge in [-0.05, 0) is 30.7 Å². The topological polar surface area (TPSA) is 41.5 Å². The predicted molar refractivity (Wildman–Crippen MR) is 59.4 cm³/mol. The molecular formula is C11H12BrNO2. The van der Waals surface area contributed by atoms with Gasteiger partial charge < -0.3 is 15.2 Å². The molecule has 1 fully saturated rings. The highest BCUT2D eigenvalue weighted by molar-refractivity contribution is 9.10. The SMILES string of the molecule is OC1OC2(CCNC2)c2cc(Br)ccc21. The van der Waals surface area contributed by atoms with E-state index in [1.807, 2.05) is 12.1 Å². The summed E-state index contributed by atoms with van der Waals surface area (Å²) in [5, 5.41) is 13.1. The molecule has 80 valence electrons. The van der Waals surface area contributed by atoms with Gasteiger partial charge in [-0.1, -0.05) is 22.0 Å². The lowest BCUT2D eigenvalue weighted by molar-refractivity contribution is -0.164. The van der Waals surface area contributed by atoms with Crippen LogP contribution >= 0.6 is 15.9 Å². The van der Waals surface area contributed by atoms with Crippen molar-refractivity contribution >= 4 is 15.9 Å². The fraction of sp³-hybridized carbons (Fsp3) is 0.455. The van der Waals surface area contributed by atoms with Crippen molar-refractivity contribution in [1.82, 2.24) is 5.32 Å². The standard InChI is InChI=1S/C11H12BrNO2/c12-7-1-2-8-9(5-7)11(15-10(8)14)3-4-13-6-11/h1-2,5,10,13-14H,3-4,6H2. The van der Waals surface area contributed by atoms with E-state index in [-0.39, 0.29) is 5.60 Å². The molecule has 0 aliphatic carbocycles. The Labute approximate surface area is 96.6 Å². The summed E-state index contributed by atoms with van der Waals surface area (Å²) >= 11 is 3.46. The maximum Gasteiger partial charge on any atom is 0.182 e. The summed E-state index contributed by atoms with van der Waals surface area (Å²) in [6, 6.07) is 5.92. The molecule has 0 aromatic heterocycles. The zero-order valence-corrected chi connectivity index (χ0v) is 9.75. The van der Waals surface area contributed by atoms with Gasteiger partial charge in [0.05, 0.1) is 0 Å². The van der Waals surface area contributed by atoms with Crippen LogP contribution < -0.4 is 5.32 Å². The summed E-state index contributed by atoms with van der Waals surface area (Å²) in [5.74, 6) is 0. The van der Waals surface area contributed by atoms with Crippen LogP contribution in [0.1, 0.15) is 23.8 Å². The molecular weight excluding hydrogens is 258 g/mol. The summed E-state index contributed by atoms with van der Waals surface area (Å²) in [6.07, 6.45) is 0.154. The van der Waals surface area contributed by atoms with E-state index < -0.39 is 6.29 Å². The smallest absolute Gasteiger partial charge is 0.182 e. The Bertz CT molecular complexity index is 402. The van der Waals surface area contributed by atoms with Crippen LogP contribution in [0.4, 0.5) is 0 Å². The Morgan fingerprint density at radius 1 is 1.53 bits per heavy atom. The molecule has 0 radical (unpaired) electrons. The second-order valence-corrected chi connectivity index (χ2v) is 5.04. The number of halogens is 1. The van der Waals surface area contributed by atoms with Crippen LogP contribution in [-0.4, -0.2) is 18.2 Å². The highest BCUT2D eigenvalue weighted by Crippen LogP contribution is 2.46. The zero-order valence-electron chi connectivity index (χ0n) is 8.16. The highest BCUT2D eigenvalue weighted by Gasteiger charge is 2.46. The number of aliphatic hydroxyl groups is 1. The number of aliphatic hydroxyl groups excluding tert-OH is 1. The van der Waals surface area contributed by atoms with Gasteiger partial charge in [-0.15, -0.1) is 0 Å². The van der Waals surface area contributed by atoms with Crippen molar-refractivity contribution in [2.45, 2.75) is 18.3 Å². The first-order chi connectivity index (χ1) is 7.21. The molecule has 2 atom stereocenters. The van der Waals surface area contributed by atoms with Gasteiger partial charge in [-0.25, -0.2) is 0 Å². The molecule has 2 aliphatic heterocycles. The van der Waals surface area contributed by atoms with E-state index >= 15 is 0 Å². The lowest BCUT2D eigenvalue weighted by Gasteiger charge is -2.23. The second kappa shape index (κ2) is 3.28. The lowest BCUT2D eigenvalue weighted by Crippen LogP contribution is -2.28. The number of benzene rings is 1. The summed E-state index contributed by atoms with van der Waals surface area (Å²) in [7, 11) is 0. The summed E-state index contributed by atoms with van der Waals surface area (Å²) in [5.41, 5.74) is 1.72. The van der Waals surface area contributed by atoms with Crippen molar-refractivity contribution in [1.29, 1.82) is 0 Å². The maximum atomic E-state index is 9.83. The van der Waals surface area contributed by atoms with E-state index in [9.17, 15) is 5.11 Å². The number of fused-ring (bicyclic) bond motifs is 2. The molecule has 1 saturated heterocycles. The van der Waals surface area contributed by atoms with Gasteiger partial charge >= 0.3 is 0 Å². The van der Waals surface area contributed by atoms with Gasteiger partial charge in [0.15, 0.2) is 6.29 Å². The Kier molecular flexibility index (Phi) is 2.14. The van der Waals surface area contributed by atoms with Gasteiger partial charge in [0, 0.05) is 16.6 Å². The first kappa shape index (κ1) is 9.78. The van der Waals surface area contributed by atoms with Crippen LogP contribution in [-0.2, 0) is 10.3 Å². The van der Waals surface area contributed by atoms with E-state index in [0.29, 0.717) is 0 Å². The number of hydrogen-bond donors (Lipinski definition) is 2. The lowest BCUT2D eigenvalue weighted by atomic mass is 9.91. The van der Waals surface area contributed by atoms with E-state index in [1.54, 1.807) is 0 Å². The average molecular weight is 270 g/mol. The minimum Gasteiger partial charge on any atom is -0.364 e. The van der Waals surface area contributed by atoms with Crippen molar-refractivity contribution in [3.63, 3.8) is 0 Å². The summed E-state index contributed by atoms with van der Waals surface area (Å²) in [4.78, 5) is 0. The van der Waals surface area contributed by atoms with Gasteiger partial charge in [0.1, 0.15) is 5.60 Å². The number of ether oxygens (including phenoxy) is 1. The molecule has 2 aliphatic rings. The molecule has 1 aromatic rings. The van der Waals surface area contributed by atoms with Crippen molar-refractivity contribution in [2.24, 2.45) is 0 Å². The maximum absolute atomic E-state index is 9.83. The summed E-state index contributed by atoms with van der Waals surface area (Å²) in [6.45, 7) is 1.73. The van der Waals surface area contributed by atoms with Gasteiger partial charge in [0.2, 0.25) is 0 Å². The quantitative estimate of drug-likeness (QED) is 0.753. The van der Waals surface area contributed by atoms with Gasteiger partial charge in [0.25, 0.3) is 0 Å². The Morgan fingerprint density at radius 2 is 2.40 bits per heavy atom. The highest BCUT2D eigenvalue weighted by atomic mass is 79.9. The van der Waals surface area contributed by atoms with Crippen molar-refractivity contribution in [3.8, 4) is 0 Å². The molecule has 1 spiro atoms. The molecule has 3 nitrogen and oxygen atoms in total. The molecule has 4 heteroatoms.